The van der Waals surface area contributed by atoms with Crippen LogP contribution < -0.4 is 4.90 Å². The van der Waals surface area contributed by atoms with Gasteiger partial charge in [0, 0.05) is 36.7 Å². The largest absolute Gasteiger partial charge is 0.452 e. The molecule has 0 unspecified atom stereocenters. The number of anilines is 1. The van der Waals surface area contributed by atoms with Gasteiger partial charge in [0.15, 0.2) is 0 Å². The Labute approximate surface area is 150 Å². The van der Waals surface area contributed by atoms with Crippen LogP contribution in [-0.2, 0) is 22.4 Å². The zero-order valence-corrected chi connectivity index (χ0v) is 14.9. The first-order valence-electron chi connectivity index (χ1n) is 8.30. The maximum Gasteiger partial charge on any atom is 0.413 e. The van der Waals surface area contributed by atoms with Crippen molar-refractivity contribution in [3.63, 3.8) is 0 Å². The summed E-state index contributed by atoms with van der Waals surface area (Å²) in [7, 11) is 2.83. The minimum atomic E-state index is -0.586. The van der Waals surface area contributed by atoms with E-state index in [0.29, 0.717) is 35.1 Å². The van der Waals surface area contributed by atoms with Gasteiger partial charge in [-0.2, -0.15) is 0 Å². The summed E-state index contributed by atoms with van der Waals surface area (Å²) in [5.41, 5.74) is 2.54. The molecule has 1 aliphatic heterocycles. The predicted octanol–water partition coefficient (Wildman–Crippen LogP) is 3.09. The number of hydrogen-bond acceptors (Lipinski definition) is 5. The zero-order chi connectivity index (χ0) is 18.8. The molecule has 2 heterocycles. The molecular weight excluding hydrogens is 341 g/mol. The third-order valence-electron chi connectivity index (χ3n) is 4.38. The van der Waals surface area contributed by atoms with Gasteiger partial charge in [-0.3, -0.25) is 9.88 Å². The molecule has 1 aromatic heterocycles. The molecule has 1 aromatic carbocycles. The van der Waals surface area contributed by atoms with Crippen molar-refractivity contribution in [2.75, 3.05) is 32.2 Å². The Hall–Kier alpha value is -2.90. The second-order valence-electron chi connectivity index (χ2n) is 5.95. The number of nitrogens with zero attached hydrogens (tertiary/aromatic N) is 3. The van der Waals surface area contributed by atoms with Gasteiger partial charge < -0.3 is 14.4 Å². The molecule has 0 atom stereocenters. The van der Waals surface area contributed by atoms with Crippen LogP contribution in [0.4, 0.5) is 19.7 Å². The summed E-state index contributed by atoms with van der Waals surface area (Å²) in [6, 6.07) is 4.25. The Morgan fingerprint density at radius 2 is 2.15 bits per heavy atom. The molecule has 0 radical (unpaired) electrons. The van der Waals surface area contributed by atoms with Crippen molar-refractivity contribution in [2.45, 2.75) is 19.9 Å². The van der Waals surface area contributed by atoms with Crippen LogP contribution in [0.15, 0.2) is 18.2 Å². The number of carbonyl (C=O) groups is 2. The van der Waals surface area contributed by atoms with Gasteiger partial charge in [0.05, 0.1) is 31.5 Å². The predicted molar refractivity (Wildman–Crippen MR) is 93.6 cm³/mol. The molecule has 8 heteroatoms. The van der Waals surface area contributed by atoms with Crippen LogP contribution in [0.25, 0.3) is 10.9 Å². The number of hydrogen-bond donors (Lipinski definition) is 0. The van der Waals surface area contributed by atoms with Crippen molar-refractivity contribution in [3.8, 4) is 0 Å². The smallest absolute Gasteiger partial charge is 0.413 e. The summed E-state index contributed by atoms with van der Waals surface area (Å²) >= 11 is 0. The molecule has 138 valence electrons. The average Bonchev–Trinajstić information content (AvgIpc) is 2.64. The number of methoxy groups -OCH3 is 1. The summed E-state index contributed by atoms with van der Waals surface area (Å²) in [6.07, 6.45) is -0.495. The maximum absolute atomic E-state index is 13.9. The molecule has 2 aromatic rings. The molecule has 0 N–H and O–H groups in total. The van der Waals surface area contributed by atoms with Crippen LogP contribution in [-0.4, -0.2) is 49.4 Å². The van der Waals surface area contributed by atoms with Gasteiger partial charge in [0.1, 0.15) is 5.82 Å². The lowest BCUT2D eigenvalue weighted by Gasteiger charge is -2.31. The molecular formula is C18H20FN3O4. The normalized spacial score (nSPS) is 13.3. The molecule has 1 aliphatic rings. The standard InChI is InChI=1S/C18H20FN3O4/c1-4-26-18(24)22-8-7-15-13(10-22)16(21(2)17(23)25-3)12-9-11(19)5-6-14(12)20-15/h5-6,9H,4,7-8,10H2,1-3H3. The lowest BCUT2D eigenvalue weighted by molar-refractivity contribution is 0.102. The first kappa shape index (κ1) is 17.9. The first-order chi connectivity index (χ1) is 12.5. The Morgan fingerprint density at radius 3 is 2.85 bits per heavy atom. The fourth-order valence-electron chi connectivity index (χ4n) is 3.17. The second kappa shape index (κ2) is 7.15. The molecule has 3 rings (SSSR count). The Kier molecular flexibility index (Phi) is 4.92. The second-order valence-corrected chi connectivity index (χ2v) is 5.95. The Morgan fingerprint density at radius 1 is 1.38 bits per heavy atom. The monoisotopic (exact) mass is 361 g/mol. The molecule has 0 spiro atoms. The van der Waals surface area contributed by atoms with Gasteiger partial charge in [-0.15, -0.1) is 0 Å². The third kappa shape index (κ3) is 3.14. The summed E-state index contributed by atoms with van der Waals surface area (Å²) in [5.74, 6) is -0.433. The number of aromatic nitrogens is 1. The van der Waals surface area contributed by atoms with E-state index >= 15 is 0 Å². The van der Waals surface area contributed by atoms with Crippen molar-refractivity contribution in [1.82, 2.24) is 9.88 Å². The van der Waals surface area contributed by atoms with Gasteiger partial charge in [-0.05, 0) is 25.1 Å². The quantitative estimate of drug-likeness (QED) is 0.822. The third-order valence-corrected chi connectivity index (χ3v) is 4.38. The summed E-state index contributed by atoms with van der Waals surface area (Å²) in [5, 5.41) is 0.488. The van der Waals surface area contributed by atoms with E-state index in [-0.39, 0.29) is 13.2 Å². The lowest BCUT2D eigenvalue weighted by atomic mass is 9.99. The number of amides is 2. The lowest BCUT2D eigenvalue weighted by Crippen LogP contribution is -2.38. The summed E-state index contributed by atoms with van der Waals surface area (Å²) < 4.78 is 23.7. The average molecular weight is 361 g/mol. The first-order valence-corrected chi connectivity index (χ1v) is 8.30. The highest BCUT2D eigenvalue weighted by atomic mass is 19.1. The number of pyridine rings is 1. The Bertz CT molecular complexity index is 871. The van der Waals surface area contributed by atoms with E-state index in [1.165, 1.54) is 24.1 Å². The summed E-state index contributed by atoms with van der Waals surface area (Å²) in [6.45, 7) is 2.71. The van der Waals surface area contributed by atoms with Crippen LogP contribution >= 0.6 is 0 Å². The van der Waals surface area contributed by atoms with Crippen molar-refractivity contribution in [1.29, 1.82) is 0 Å². The molecule has 0 aliphatic carbocycles. The number of fused-ring (bicyclic) bond motifs is 2. The van der Waals surface area contributed by atoms with Crippen molar-refractivity contribution >= 4 is 28.8 Å². The van der Waals surface area contributed by atoms with Gasteiger partial charge in [-0.1, -0.05) is 0 Å². The highest BCUT2D eigenvalue weighted by molar-refractivity contribution is 6.01. The molecule has 0 saturated heterocycles. The van der Waals surface area contributed by atoms with E-state index < -0.39 is 18.0 Å². The fraction of sp³-hybridized carbons (Fsp3) is 0.389. The van der Waals surface area contributed by atoms with Gasteiger partial charge >= 0.3 is 12.2 Å². The van der Waals surface area contributed by atoms with Gasteiger partial charge in [0.25, 0.3) is 0 Å². The van der Waals surface area contributed by atoms with Crippen molar-refractivity contribution in [2.24, 2.45) is 0 Å². The molecule has 0 bridgehead atoms. The highest BCUT2D eigenvalue weighted by Gasteiger charge is 2.29. The molecule has 2 amide bonds. The maximum atomic E-state index is 13.9. The highest BCUT2D eigenvalue weighted by Crippen LogP contribution is 2.35. The number of benzene rings is 1. The SMILES string of the molecule is CCOC(=O)N1CCc2nc3ccc(F)cc3c(N(C)C(=O)OC)c2C1. The molecule has 7 nitrogen and oxygen atoms in total. The van der Waals surface area contributed by atoms with Crippen molar-refractivity contribution < 1.29 is 23.5 Å². The van der Waals surface area contributed by atoms with Gasteiger partial charge in [-0.25, -0.2) is 14.0 Å². The number of rotatable bonds is 2. The van der Waals surface area contributed by atoms with E-state index in [4.69, 9.17) is 9.47 Å². The van der Waals surface area contributed by atoms with Crippen LogP contribution in [0.2, 0.25) is 0 Å². The van der Waals surface area contributed by atoms with Crippen LogP contribution in [0.3, 0.4) is 0 Å². The van der Waals surface area contributed by atoms with Crippen LogP contribution in [0, 0.1) is 5.82 Å². The Balaban J connectivity index is 2.17. The van der Waals surface area contributed by atoms with Gasteiger partial charge in [0.2, 0.25) is 0 Å². The number of ether oxygens (including phenoxy) is 2. The fourth-order valence-corrected chi connectivity index (χ4v) is 3.17. The minimum absolute atomic E-state index is 0.226. The number of halogens is 1. The van der Waals surface area contributed by atoms with Crippen LogP contribution in [0.5, 0.6) is 0 Å². The number of carbonyl (C=O) groups excluding carboxylic acids is 2. The molecule has 0 saturated carbocycles. The molecule has 0 fully saturated rings. The van der Waals surface area contributed by atoms with E-state index in [1.54, 1.807) is 24.9 Å². The van der Waals surface area contributed by atoms with E-state index in [2.05, 4.69) is 4.98 Å². The van der Waals surface area contributed by atoms with E-state index in [0.717, 1.165) is 5.69 Å². The van der Waals surface area contributed by atoms with Crippen LogP contribution in [0.1, 0.15) is 18.2 Å². The summed E-state index contributed by atoms with van der Waals surface area (Å²) in [4.78, 5) is 31.7. The topological polar surface area (TPSA) is 72.0 Å². The van der Waals surface area contributed by atoms with E-state index in [9.17, 15) is 14.0 Å². The van der Waals surface area contributed by atoms with Crippen molar-refractivity contribution in [3.05, 3.63) is 35.3 Å². The zero-order valence-electron chi connectivity index (χ0n) is 14.9. The minimum Gasteiger partial charge on any atom is -0.452 e. The van der Waals surface area contributed by atoms with E-state index in [1.807, 2.05) is 0 Å². The molecule has 26 heavy (non-hydrogen) atoms.